The third-order valence-electron chi connectivity index (χ3n) is 7.66. The number of imidazole rings is 1. The van der Waals surface area contributed by atoms with E-state index >= 15 is 0 Å². The molecule has 2 aliphatic carbocycles. The Morgan fingerprint density at radius 2 is 1.81 bits per heavy atom. The summed E-state index contributed by atoms with van der Waals surface area (Å²) < 4.78 is 44.5. The SMILES string of the molecule is C[C@@H]1CC[C@@H](Nc2ncc3nc(Nc4c(F)ccc(F)c4F)n(C4CCC(C(N)=O)CC4)c3n2)CC1O. The highest BCUT2D eigenvalue weighted by atomic mass is 19.2. The number of hydrogen-bond donors (Lipinski definition) is 4. The van der Waals surface area contributed by atoms with Gasteiger partial charge < -0.3 is 21.5 Å². The Morgan fingerprint density at radius 3 is 2.51 bits per heavy atom. The molecule has 2 aliphatic rings. The van der Waals surface area contributed by atoms with Crippen molar-refractivity contribution in [3.05, 3.63) is 35.8 Å². The molecule has 198 valence electrons. The number of amides is 1. The van der Waals surface area contributed by atoms with Crippen molar-refractivity contribution in [2.45, 2.75) is 70.1 Å². The van der Waals surface area contributed by atoms with Crippen molar-refractivity contribution in [3.8, 4) is 0 Å². The van der Waals surface area contributed by atoms with Crippen molar-refractivity contribution >= 4 is 34.7 Å². The van der Waals surface area contributed by atoms with Crippen LogP contribution in [-0.2, 0) is 4.79 Å². The van der Waals surface area contributed by atoms with Gasteiger partial charge in [0.1, 0.15) is 17.0 Å². The molecule has 0 spiro atoms. The van der Waals surface area contributed by atoms with E-state index in [1.54, 1.807) is 4.57 Å². The number of carbonyl (C=O) groups excluding carboxylic acids is 1. The molecule has 9 nitrogen and oxygen atoms in total. The number of nitrogens with zero attached hydrogens (tertiary/aromatic N) is 4. The fraction of sp³-hybridized carbons (Fsp3) is 0.520. The van der Waals surface area contributed by atoms with Gasteiger partial charge in [-0.3, -0.25) is 9.36 Å². The number of rotatable bonds is 6. The standard InChI is InChI=1S/C25H30F3N7O2/c1-12-2-5-14(10-19(12)36)31-24-30-11-18-23(34-24)35(15-6-3-13(4-7-15)22(29)37)25(32-18)33-21-17(27)9-8-16(26)20(21)28/h8-9,11-15,19,36H,2-7,10H2,1H3,(H2,29,37)(H,32,33)(H,30,31,34)/t12-,13?,14-,15?,19?/m1/s1. The van der Waals surface area contributed by atoms with Crippen molar-refractivity contribution in [3.63, 3.8) is 0 Å². The first-order valence-corrected chi connectivity index (χ1v) is 12.6. The van der Waals surface area contributed by atoms with Crippen molar-refractivity contribution in [1.82, 2.24) is 19.5 Å². The number of carbonyl (C=O) groups is 1. The number of aromatic nitrogens is 4. The van der Waals surface area contributed by atoms with Gasteiger partial charge in [-0.1, -0.05) is 6.92 Å². The zero-order chi connectivity index (χ0) is 26.3. The van der Waals surface area contributed by atoms with Gasteiger partial charge in [0.15, 0.2) is 17.3 Å². The van der Waals surface area contributed by atoms with Crippen LogP contribution >= 0.6 is 0 Å². The smallest absolute Gasteiger partial charge is 0.224 e. The van der Waals surface area contributed by atoms with E-state index < -0.39 is 29.2 Å². The van der Waals surface area contributed by atoms with Crippen molar-refractivity contribution in [2.24, 2.45) is 17.6 Å². The van der Waals surface area contributed by atoms with Crippen LogP contribution in [0.2, 0.25) is 0 Å². The van der Waals surface area contributed by atoms with Gasteiger partial charge in [0.2, 0.25) is 17.8 Å². The highest BCUT2D eigenvalue weighted by Gasteiger charge is 2.31. The largest absolute Gasteiger partial charge is 0.393 e. The first kappa shape index (κ1) is 25.2. The van der Waals surface area contributed by atoms with Gasteiger partial charge in [0.25, 0.3) is 0 Å². The maximum absolute atomic E-state index is 14.5. The number of aliphatic hydroxyl groups is 1. The van der Waals surface area contributed by atoms with Crippen LogP contribution in [0, 0.1) is 29.3 Å². The second kappa shape index (κ2) is 10.2. The fourth-order valence-electron chi connectivity index (χ4n) is 5.38. The maximum Gasteiger partial charge on any atom is 0.224 e. The number of halogens is 3. The van der Waals surface area contributed by atoms with E-state index in [4.69, 9.17) is 5.73 Å². The summed E-state index contributed by atoms with van der Waals surface area (Å²) in [5.74, 6) is -3.43. The van der Waals surface area contributed by atoms with Crippen LogP contribution in [0.25, 0.3) is 11.2 Å². The molecule has 0 saturated heterocycles. The van der Waals surface area contributed by atoms with Gasteiger partial charge in [-0.15, -0.1) is 0 Å². The average Bonchev–Trinajstić information content (AvgIpc) is 3.23. The zero-order valence-electron chi connectivity index (χ0n) is 20.4. The molecule has 5 N–H and O–H groups in total. The van der Waals surface area contributed by atoms with Crippen LogP contribution in [0.4, 0.5) is 30.8 Å². The van der Waals surface area contributed by atoms with Crippen molar-refractivity contribution in [2.75, 3.05) is 10.6 Å². The number of aliphatic hydroxyl groups excluding tert-OH is 1. The van der Waals surface area contributed by atoms with Crippen molar-refractivity contribution in [1.29, 1.82) is 0 Å². The molecule has 37 heavy (non-hydrogen) atoms. The number of primary amides is 1. The number of fused-ring (bicyclic) bond motifs is 1. The summed E-state index contributed by atoms with van der Waals surface area (Å²) in [4.78, 5) is 25.2. The predicted molar refractivity (Wildman–Crippen MR) is 132 cm³/mol. The van der Waals surface area contributed by atoms with Crippen LogP contribution in [0.5, 0.6) is 0 Å². The van der Waals surface area contributed by atoms with Gasteiger partial charge in [-0.2, -0.15) is 4.98 Å². The van der Waals surface area contributed by atoms with Crippen LogP contribution in [0.15, 0.2) is 18.3 Å². The molecule has 2 aromatic heterocycles. The molecular formula is C25H30F3N7O2. The second-order valence-corrected chi connectivity index (χ2v) is 10.2. The average molecular weight is 518 g/mol. The molecule has 1 unspecified atom stereocenters. The maximum atomic E-state index is 14.5. The molecule has 3 atom stereocenters. The summed E-state index contributed by atoms with van der Waals surface area (Å²) in [5, 5.41) is 16.2. The Hall–Kier alpha value is -3.41. The minimum atomic E-state index is -1.35. The number of benzene rings is 1. The first-order chi connectivity index (χ1) is 17.7. The molecular weight excluding hydrogens is 487 g/mol. The van der Waals surface area contributed by atoms with E-state index in [2.05, 4.69) is 25.6 Å². The Balaban J connectivity index is 1.51. The summed E-state index contributed by atoms with van der Waals surface area (Å²) in [5.41, 5.74) is 5.66. The molecule has 0 radical (unpaired) electrons. The fourth-order valence-corrected chi connectivity index (χ4v) is 5.38. The van der Waals surface area contributed by atoms with Gasteiger partial charge in [-0.25, -0.2) is 23.1 Å². The van der Waals surface area contributed by atoms with Gasteiger partial charge in [-0.05, 0) is 63.0 Å². The Bertz CT molecular complexity index is 1310. The number of nitrogens with two attached hydrogens (primary N) is 1. The highest BCUT2D eigenvalue weighted by Crippen LogP contribution is 2.38. The predicted octanol–water partition coefficient (Wildman–Crippen LogP) is 4.17. The minimum absolute atomic E-state index is 0.000826. The lowest BCUT2D eigenvalue weighted by Crippen LogP contribution is -2.35. The Kier molecular flexibility index (Phi) is 6.93. The number of nitrogens with one attached hydrogen (secondary N) is 2. The summed E-state index contributed by atoms with van der Waals surface area (Å²) >= 11 is 0. The molecule has 2 heterocycles. The highest BCUT2D eigenvalue weighted by molar-refractivity contribution is 5.78. The lowest BCUT2D eigenvalue weighted by molar-refractivity contribution is -0.122. The van der Waals surface area contributed by atoms with E-state index in [0.29, 0.717) is 49.2 Å². The molecule has 2 fully saturated rings. The Morgan fingerprint density at radius 1 is 1.08 bits per heavy atom. The van der Waals surface area contributed by atoms with E-state index in [9.17, 15) is 23.1 Å². The zero-order valence-corrected chi connectivity index (χ0v) is 20.4. The summed E-state index contributed by atoms with van der Waals surface area (Å²) in [6.45, 7) is 2.02. The second-order valence-electron chi connectivity index (χ2n) is 10.2. The summed E-state index contributed by atoms with van der Waals surface area (Å²) in [7, 11) is 0. The molecule has 1 amide bonds. The van der Waals surface area contributed by atoms with Gasteiger partial charge >= 0.3 is 0 Å². The van der Waals surface area contributed by atoms with E-state index in [-0.39, 0.29) is 35.8 Å². The lowest BCUT2D eigenvalue weighted by Gasteiger charge is -2.31. The number of anilines is 3. The van der Waals surface area contributed by atoms with E-state index in [1.165, 1.54) is 6.20 Å². The topological polar surface area (TPSA) is 131 Å². The molecule has 0 bridgehead atoms. The molecule has 2 saturated carbocycles. The van der Waals surface area contributed by atoms with Crippen LogP contribution in [0.1, 0.15) is 57.9 Å². The summed E-state index contributed by atoms with van der Waals surface area (Å²) in [6.07, 6.45) is 5.66. The molecule has 1 aromatic carbocycles. The number of hydrogen-bond acceptors (Lipinski definition) is 7. The van der Waals surface area contributed by atoms with E-state index in [1.807, 2.05) is 6.92 Å². The van der Waals surface area contributed by atoms with Crippen LogP contribution in [0.3, 0.4) is 0 Å². The van der Waals surface area contributed by atoms with Gasteiger partial charge in [0, 0.05) is 18.0 Å². The lowest BCUT2D eigenvalue weighted by atomic mass is 9.85. The Labute approximate surface area is 211 Å². The third kappa shape index (κ3) is 5.07. The van der Waals surface area contributed by atoms with Crippen LogP contribution in [-0.4, -0.2) is 42.7 Å². The monoisotopic (exact) mass is 517 g/mol. The van der Waals surface area contributed by atoms with Crippen LogP contribution < -0.4 is 16.4 Å². The molecule has 12 heteroatoms. The minimum Gasteiger partial charge on any atom is -0.393 e. The molecule has 5 rings (SSSR count). The quantitative estimate of drug-likeness (QED) is 0.361. The molecule has 0 aliphatic heterocycles. The van der Waals surface area contributed by atoms with Gasteiger partial charge in [0.05, 0.1) is 12.3 Å². The first-order valence-electron chi connectivity index (χ1n) is 12.6. The van der Waals surface area contributed by atoms with Crippen molar-refractivity contribution < 1.29 is 23.1 Å². The molecule has 3 aromatic rings. The summed E-state index contributed by atoms with van der Waals surface area (Å²) in [6, 6.07) is 1.37. The van der Waals surface area contributed by atoms with E-state index in [0.717, 1.165) is 25.0 Å². The normalized spacial score (nSPS) is 26.2. The third-order valence-corrected chi connectivity index (χ3v) is 7.66.